The van der Waals surface area contributed by atoms with Crippen LogP contribution in [0.4, 0.5) is 0 Å². The van der Waals surface area contributed by atoms with Gasteiger partial charge in [0.05, 0.1) is 17.9 Å². The first-order valence-electron chi connectivity index (χ1n) is 7.75. The number of para-hydroxylation sites is 1. The summed E-state index contributed by atoms with van der Waals surface area (Å²) >= 11 is 0. The number of hydrogen-bond acceptors (Lipinski definition) is 6. The third-order valence-corrected chi connectivity index (χ3v) is 4.30. The van der Waals surface area contributed by atoms with Crippen molar-refractivity contribution in [1.82, 2.24) is 0 Å². The summed E-state index contributed by atoms with van der Waals surface area (Å²) in [5, 5.41) is 22.1. The zero-order chi connectivity index (χ0) is 17.4. The van der Waals surface area contributed by atoms with Crippen molar-refractivity contribution in [3.63, 3.8) is 0 Å². The van der Waals surface area contributed by atoms with Crippen LogP contribution in [0.1, 0.15) is 39.6 Å². The van der Waals surface area contributed by atoms with Crippen molar-refractivity contribution in [2.24, 2.45) is 5.16 Å². The molecule has 0 aromatic heterocycles. The second-order valence-corrected chi connectivity index (χ2v) is 5.82. The third kappa shape index (κ3) is 2.68. The monoisotopic (exact) mass is 341 g/mol. The van der Waals surface area contributed by atoms with Crippen molar-refractivity contribution in [2.45, 2.75) is 19.1 Å². The Balaban J connectivity index is 1.82. The Labute approximate surface area is 143 Å². The smallest absolute Gasteiger partial charge is 0.335 e. The molecule has 1 unspecified atom stereocenters. The number of aromatic carboxylic acids is 1. The highest BCUT2D eigenvalue weighted by molar-refractivity contribution is 6.03. The Morgan fingerprint density at radius 2 is 2.08 bits per heavy atom. The lowest BCUT2D eigenvalue weighted by Crippen LogP contribution is -2.24. The van der Waals surface area contributed by atoms with Crippen LogP contribution >= 0.6 is 0 Å². The molecular formula is C18H15NO6. The average Bonchev–Trinajstić information content (AvgIpc) is 2.66. The maximum absolute atomic E-state index is 11.5. The van der Waals surface area contributed by atoms with E-state index in [1.54, 1.807) is 12.1 Å². The molecule has 128 valence electrons. The number of carbonyl (C=O) groups is 1. The van der Waals surface area contributed by atoms with Crippen molar-refractivity contribution in [3.05, 3.63) is 58.7 Å². The van der Waals surface area contributed by atoms with Crippen LogP contribution in [0.5, 0.6) is 11.5 Å². The number of hydrogen-bond donors (Lipinski definition) is 2. The Bertz CT molecular complexity index is 876. The number of oxime groups is 1. The molecular weight excluding hydrogens is 326 g/mol. The van der Waals surface area contributed by atoms with Crippen LogP contribution in [0.2, 0.25) is 0 Å². The van der Waals surface area contributed by atoms with E-state index >= 15 is 0 Å². The summed E-state index contributed by atoms with van der Waals surface area (Å²) in [6, 6.07) is 10.3. The highest BCUT2D eigenvalue weighted by Gasteiger charge is 2.31. The summed E-state index contributed by atoms with van der Waals surface area (Å²) in [7, 11) is 0. The number of fused-ring (bicyclic) bond motifs is 2. The Kier molecular flexibility index (Phi) is 3.77. The van der Waals surface area contributed by atoms with Crippen LogP contribution in [0.3, 0.4) is 0 Å². The number of benzene rings is 2. The van der Waals surface area contributed by atoms with Gasteiger partial charge in [-0.1, -0.05) is 17.3 Å². The quantitative estimate of drug-likeness (QED) is 0.644. The van der Waals surface area contributed by atoms with Crippen LogP contribution in [0, 0.1) is 0 Å². The summed E-state index contributed by atoms with van der Waals surface area (Å²) in [5.74, 6) is 0.105. The van der Waals surface area contributed by atoms with Crippen LogP contribution in [-0.4, -0.2) is 28.8 Å². The van der Waals surface area contributed by atoms with E-state index in [0.717, 1.165) is 0 Å². The summed E-state index contributed by atoms with van der Waals surface area (Å²) in [5.41, 5.74) is 2.59. The van der Waals surface area contributed by atoms with E-state index in [1.165, 1.54) is 6.07 Å². The molecule has 0 aliphatic carbocycles. The van der Waals surface area contributed by atoms with E-state index in [9.17, 15) is 15.1 Å². The molecule has 2 aromatic rings. The minimum Gasteiger partial charge on any atom is -0.484 e. The lowest BCUT2D eigenvalue weighted by Gasteiger charge is -2.30. The van der Waals surface area contributed by atoms with Gasteiger partial charge in [-0.05, 0) is 24.3 Å². The van der Waals surface area contributed by atoms with E-state index in [0.29, 0.717) is 40.3 Å². The topological polar surface area (TPSA) is 97.6 Å². The molecule has 7 nitrogen and oxygen atoms in total. The fourth-order valence-electron chi connectivity index (χ4n) is 3.17. The summed E-state index contributed by atoms with van der Waals surface area (Å²) in [6.45, 7) is 0.365. The molecule has 2 heterocycles. The highest BCUT2D eigenvalue weighted by Crippen LogP contribution is 2.41. The van der Waals surface area contributed by atoms with E-state index in [2.05, 4.69) is 5.16 Å². The molecule has 2 aromatic carbocycles. The molecule has 0 saturated heterocycles. The van der Waals surface area contributed by atoms with Gasteiger partial charge in [0, 0.05) is 23.1 Å². The van der Waals surface area contributed by atoms with Gasteiger partial charge >= 0.3 is 5.97 Å². The Morgan fingerprint density at radius 1 is 1.24 bits per heavy atom. The first-order valence-corrected chi connectivity index (χ1v) is 7.75. The Hall–Kier alpha value is -3.06. The van der Waals surface area contributed by atoms with Crippen LogP contribution in [-0.2, 0) is 11.3 Å². The number of rotatable bonds is 2. The van der Waals surface area contributed by atoms with E-state index in [1.807, 2.05) is 18.2 Å². The minimum absolute atomic E-state index is 0.0939. The van der Waals surface area contributed by atoms with E-state index in [-0.39, 0.29) is 19.0 Å². The third-order valence-electron chi connectivity index (χ3n) is 4.30. The molecule has 0 radical (unpaired) electrons. The number of carboxylic acids is 1. The summed E-state index contributed by atoms with van der Waals surface area (Å²) in [4.78, 5) is 11.5. The van der Waals surface area contributed by atoms with Crippen molar-refractivity contribution in [1.29, 1.82) is 0 Å². The van der Waals surface area contributed by atoms with E-state index < -0.39 is 12.1 Å². The van der Waals surface area contributed by atoms with Gasteiger partial charge in [0.25, 0.3) is 0 Å². The summed E-state index contributed by atoms with van der Waals surface area (Å²) < 4.78 is 16.9. The molecule has 2 aliphatic rings. The second kappa shape index (κ2) is 6.10. The van der Waals surface area contributed by atoms with Crippen LogP contribution in [0.15, 0.2) is 41.6 Å². The molecule has 4 rings (SSSR count). The Morgan fingerprint density at radius 3 is 2.88 bits per heavy atom. The van der Waals surface area contributed by atoms with Crippen LogP contribution in [0.25, 0.3) is 0 Å². The molecule has 7 heteroatoms. The van der Waals surface area contributed by atoms with Gasteiger partial charge in [-0.25, -0.2) is 4.79 Å². The molecule has 2 aliphatic heterocycles. The van der Waals surface area contributed by atoms with Crippen molar-refractivity contribution in [2.75, 3.05) is 6.79 Å². The first-order chi connectivity index (χ1) is 12.2. The lowest BCUT2D eigenvalue weighted by atomic mass is 9.92. The molecule has 0 saturated carbocycles. The molecule has 0 fully saturated rings. The fraction of sp³-hybridized carbons (Fsp3) is 0.222. The van der Waals surface area contributed by atoms with E-state index in [4.69, 9.17) is 14.2 Å². The molecule has 1 atom stereocenters. The highest BCUT2D eigenvalue weighted by atomic mass is 16.7. The van der Waals surface area contributed by atoms with Crippen molar-refractivity contribution in [3.8, 4) is 11.5 Å². The minimum atomic E-state index is -1.04. The zero-order valence-corrected chi connectivity index (χ0v) is 13.1. The predicted molar refractivity (Wildman–Crippen MR) is 86.4 cm³/mol. The van der Waals surface area contributed by atoms with Crippen molar-refractivity contribution >= 4 is 11.7 Å². The number of carboxylic acid groups (broad SMARTS) is 1. The number of ether oxygens (including phenoxy) is 3. The maximum atomic E-state index is 11.5. The summed E-state index contributed by atoms with van der Waals surface area (Å²) in [6.07, 6.45) is -0.222. The molecule has 0 spiro atoms. The van der Waals surface area contributed by atoms with Gasteiger partial charge in [-0.15, -0.1) is 0 Å². The fourth-order valence-corrected chi connectivity index (χ4v) is 3.17. The molecule has 0 amide bonds. The molecule has 2 N–H and O–H groups in total. The normalized spacial score (nSPS) is 20.2. The first kappa shape index (κ1) is 15.5. The van der Waals surface area contributed by atoms with Gasteiger partial charge in [-0.3, -0.25) is 0 Å². The molecule has 0 bridgehead atoms. The maximum Gasteiger partial charge on any atom is 0.335 e. The van der Waals surface area contributed by atoms with Gasteiger partial charge in [0.2, 0.25) is 0 Å². The van der Waals surface area contributed by atoms with Gasteiger partial charge in [0.15, 0.2) is 6.79 Å². The van der Waals surface area contributed by atoms with Gasteiger partial charge in [0.1, 0.15) is 17.6 Å². The SMILES string of the molecule is O=C(O)c1cc2c(c(C3CC(=NO)c4ccccc4O3)c1)OCOC2. The van der Waals surface area contributed by atoms with Crippen molar-refractivity contribution < 1.29 is 29.3 Å². The molecule has 25 heavy (non-hydrogen) atoms. The zero-order valence-electron chi connectivity index (χ0n) is 13.1. The van der Waals surface area contributed by atoms with Gasteiger partial charge < -0.3 is 24.5 Å². The number of nitrogens with zero attached hydrogens (tertiary/aromatic N) is 1. The largest absolute Gasteiger partial charge is 0.484 e. The second-order valence-electron chi connectivity index (χ2n) is 5.82. The lowest BCUT2D eigenvalue weighted by molar-refractivity contribution is -0.0183. The standard InChI is InChI=1S/C18H15NO6/c20-18(21)10-5-11-8-23-9-24-17(11)13(6-10)16-7-14(19-22)12-3-1-2-4-15(12)25-16/h1-6,16,22H,7-9H2,(H,20,21). The van der Waals surface area contributed by atoms with Crippen LogP contribution < -0.4 is 9.47 Å². The predicted octanol–water partition coefficient (Wildman–Crippen LogP) is 2.95. The average molecular weight is 341 g/mol. The van der Waals surface area contributed by atoms with Gasteiger partial charge in [-0.2, -0.15) is 0 Å².